The van der Waals surface area contributed by atoms with Gasteiger partial charge in [-0.25, -0.2) is 4.79 Å². The molecule has 0 aliphatic rings. The molecule has 1 N–H and O–H groups in total. The molecule has 0 fully saturated rings. The van der Waals surface area contributed by atoms with Crippen molar-refractivity contribution in [3.63, 3.8) is 0 Å². The summed E-state index contributed by atoms with van der Waals surface area (Å²) < 4.78 is 5.02. The Bertz CT molecular complexity index is 614. The minimum absolute atomic E-state index is 0.0559. The van der Waals surface area contributed by atoms with Gasteiger partial charge >= 0.3 is 5.97 Å². The number of phenols is 1. The lowest BCUT2D eigenvalue weighted by atomic mass is 9.92. The van der Waals surface area contributed by atoms with Gasteiger partial charge in [-0.1, -0.05) is 43.8 Å². The van der Waals surface area contributed by atoms with Gasteiger partial charge in [-0.15, -0.1) is 0 Å². The van der Waals surface area contributed by atoms with E-state index >= 15 is 0 Å². The third-order valence-electron chi connectivity index (χ3n) is 3.17. The lowest BCUT2D eigenvalue weighted by Gasteiger charge is -2.14. The van der Waals surface area contributed by atoms with Crippen molar-refractivity contribution in [3.8, 4) is 11.5 Å². The van der Waals surface area contributed by atoms with E-state index in [2.05, 4.69) is 6.58 Å². The summed E-state index contributed by atoms with van der Waals surface area (Å²) in [5.74, 6) is 0.331. The van der Waals surface area contributed by atoms with E-state index in [-0.39, 0.29) is 11.7 Å². The average molecular weight is 268 g/mol. The molecule has 0 aliphatic heterocycles. The summed E-state index contributed by atoms with van der Waals surface area (Å²) in [6.07, 6.45) is 1.12. The molecule has 2 aromatic carbocycles. The number of phenolic OH excluding ortho intramolecular Hbond substituents is 1. The molecule has 1 unspecified atom stereocenters. The average Bonchev–Trinajstić information content (AvgIpc) is 2.47. The second-order valence-corrected chi connectivity index (χ2v) is 4.47. The van der Waals surface area contributed by atoms with Crippen LogP contribution in [-0.2, 0) is 4.79 Å². The maximum absolute atomic E-state index is 11.1. The van der Waals surface area contributed by atoms with Crippen molar-refractivity contribution in [2.24, 2.45) is 0 Å². The largest absolute Gasteiger partial charge is 0.508 e. The van der Waals surface area contributed by atoms with Crippen molar-refractivity contribution in [1.82, 2.24) is 0 Å². The highest BCUT2D eigenvalue weighted by Gasteiger charge is 2.12. The van der Waals surface area contributed by atoms with Crippen LogP contribution in [0.4, 0.5) is 0 Å². The maximum atomic E-state index is 11.1. The van der Waals surface area contributed by atoms with Crippen LogP contribution in [0.5, 0.6) is 11.5 Å². The van der Waals surface area contributed by atoms with Crippen LogP contribution in [-0.4, -0.2) is 11.1 Å². The molecule has 1 atom stereocenters. The summed E-state index contributed by atoms with van der Waals surface area (Å²) in [4.78, 5) is 11.1. The van der Waals surface area contributed by atoms with Gasteiger partial charge in [-0.3, -0.25) is 0 Å². The minimum Gasteiger partial charge on any atom is -0.508 e. The Morgan fingerprint density at radius 1 is 1.20 bits per heavy atom. The van der Waals surface area contributed by atoms with Crippen LogP contribution in [0.25, 0.3) is 0 Å². The summed E-state index contributed by atoms with van der Waals surface area (Å²) in [6.45, 7) is 5.36. The van der Waals surface area contributed by atoms with Gasteiger partial charge in [-0.05, 0) is 23.8 Å². The molecule has 20 heavy (non-hydrogen) atoms. The Labute approximate surface area is 118 Å². The van der Waals surface area contributed by atoms with E-state index < -0.39 is 5.97 Å². The van der Waals surface area contributed by atoms with E-state index in [1.807, 2.05) is 31.2 Å². The van der Waals surface area contributed by atoms with E-state index in [1.54, 1.807) is 24.3 Å². The molecule has 3 nitrogen and oxygen atoms in total. The van der Waals surface area contributed by atoms with E-state index in [0.29, 0.717) is 5.75 Å². The Kier molecular flexibility index (Phi) is 4.20. The predicted octanol–water partition coefficient (Wildman–Crippen LogP) is 3.64. The Morgan fingerprint density at radius 3 is 2.45 bits per heavy atom. The first-order valence-corrected chi connectivity index (χ1v) is 6.34. The van der Waals surface area contributed by atoms with Crippen LogP contribution in [0.15, 0.2) is 61.2 Å². The maximum Gasteiger partial charge on any atom is 0.335 e. The molecule has 102 valence electrons. The number of hydrogen-bond donors (Lipinski definition) is 1. The highest BCUT2D eigenvalue weighted by molar-refractivity contribution is 5.83. The SMILES string of the molecule is C=CC(=O)Oc1ccc(C(C)c2ccccc2O)cc1. The van der Waals surface area contributed by atoms with Gasteiger partial charge in [0.1, 0.15) is 11.5 Å². The number of carbonyl (C=O) groups excluding carboxylic acids is 1. The van der Waals surface area contributed by atoms with Crippen LogP contribution in [0.1, 0.15) is 24.0 Å². The topological polar surface area (TPSA) is 46.5 Å². The molecule has 0 aliphatic carbocycles. The fourth-order valence-corrected chi connectivity index (χ4v) is 2.02. The molecule has 3 heteroatoms. The molecular weight excluding hydrogens is 252 g/mol. The summed E-state index contributed by atoms with van der Waals surface area (Å²) in [6, 6.07) is 14.5. The first-order valence-electron chi connectivity index (χ1n) is 6.34. The molecule has 2 aromatic rings. The van der Waals surface area contributed by atoms with E-state index in [1.165, 1.54) is 0 Å². The number of benzene rings is 2. The van der Waals surface area contributed by atoms with Crippen LogP contribution in [0, 0.1) is 0 Å². The Morgan fingerprint density at radius 2 is 1.85 bits per heavy atom. The number of ether oxygens (including phenoxy) is 1. The normalized spacial score (nSPS) is 11.7. The predicted molar refractivity (Wildman–Crippen MR) is 77.9 cm³/mol. The molecule has 0 saturated heterocycles. The monoisotopic (exact) mass is 268 g/mol. The minimum atomic E-state index is -0.480. The zero-order valence-corrected chi connectivity index (χ0v) is 11.2. The zero-order valence-electron chi connectivity index (χ0n) is 11.2. The lowest BCUT2D eigenvalue weighted by molar-refractivity contribution is -0.128. The van der Waals surface area contributed by atoms with Gasteiger partial charge in [0.25, 0.3) is 0 Å². The highest BCUT2D eigenvalue weighted by atomic mass is 16.5. The van der Waals surface area contributed by atoms with E-state index in [0.717, 1.165) is 17.2 Å². The highest BCUT2D eigenvalue weighted by Crippen LogP contribution is 2.31. The number of aromatic hydroxyl groups is 1. The molecule has 0 spiro atoms. The molecule has 0 heterocycles. The second-order valence-electron chi connectivity index (χ2n) is 4.47. The van der Waals surface area contributed by atoms with E-state index in [4.69, 9.17) is 4.74 Å². The van der Waals surface area contributed by atoms with Crippen molar-refractivity contribution in [1.29, 1.82) is 0 Å². The van der Waals surface area contributed by atoms with Gasteiger partial charge in [-0.2, -0.15) is 0 Å². The fourth-order valence-electron chi connectivity index (χ4n) is 2.02. The molecule has 2 rings (SSSR count). The first kappa shape index (κ1) is 13.9. The molecular formula is C17H16O3. The standard InChI is InChI=1S/C17H16O3/c1-3-17(19)20-14-10-8-13(9-11-14)12(2)15-6-4-5-7-16(15)18/h3-12,18H,1H2,2H3. The van der Waals surface area contributed by atoms with Crippen LogP contribution in [0.3, 0.4) is 0 Å². The van der Waals surface area contributed by atoms with Crippen molar-refractivity contribution >= 4 is 5.97 Å². The number of esters is 1. The molecule has 0 saturated carbocycles. The van der Waals surface area contributed by atoms with Crippen LogP contribution >= 0.6 is 0 Å². The van der Waals surface area contributed by atoms with Gasteiger partial charge < -0.3 is 9.84 Å². The van der Waals surface area contributed by atoms with Gasteiger partial charge in [0.05, 0.1) is 0 Å². The van der Waals surface area contributed by atoms with Crippen molar-refractivity contribution in [2.45, 2.75) is 12.8 Å². The molecule has 0 radical (unpaired) electrons. The lowest BCUT2D eigenvalue weighted by Crippen LogP contribution is -2.03. The zero-order chi connectivity index (χ0) is 14.5. The van der Waals surface area contributed by atoms with Crippen molar-refractivity contribution in [2.75, 3.05) is 0 Å². The first-order chi connectivity index (χ1) is 9.61. The number of para-hydroxylation sites is 1. The third kappa shape index (κ3) is 3.06. The fraction of sp³-hybridized carbons (Fsp3) is 0.118. The van der Waals surface area contributed by atoms with E-state index in [9.17, 15) is 9.90 Å². The summed E-state index contributed by atoms with van der Waals surface area (Å²) in [5, 5.41) is 9.87. The Balaban J connectivity index is 2.19. The molecule has 0 amide bonds. The van der Waals surface area contributed by atoms with Gasteiger partial charge in [0.15, 0.2) is 0 Å². The molecule has 0 bridgehead atoms. The smallest absolute Gasteiger partial charge is 0.335 e. The molecule has 0 aromatic heterocycles. The number of rotatable bonds is 4. The summed E-state index contributed by atoms with van der Waals surface area (Å²) >= 11 is 0. The number of hydrogen-bond acceptors (Lipinski definition) is 3. The second kappa shape index (κ2) is 6.06. The summed E-state index contributed by atoms with van der Waals surface area (Å²) in [7, 11) is 0. The van der Waals surface area contributed by atoms with Gasteiger partial charge in [0, 0.05) is 17.6 Å². The Hall–Kier alpha value is -2.55. The summed E-state index contributed by atoms with van der Waals surface area (Å²) in [5.41, 5.74) is 1.90. The quantitative estimate of drug-likeness (QED) is 0.523. The van der Waals surface area contributed by atoms with Crippen molar-refractivity contribution in [3.05, 3.63) is 72.3 Å². The third-order valence-corrected chi connectivity index (χ3v) is 3.17. The van der Waals surface area contributed by atoms with Crippen LogP contribution in [0.2, 0.25) is 0 Å². The van der Waals surface area contributed by atoms with Crippen LogP contribution < -0.4 is 4.74 Å². The van der Waals surface area contributed by atoms with Gasteiger partial charge in [0.2, 0.25) is 0 Å². The van der Waals surface area contributed by atoms with Crippen molar-refractivity contribution < 1.29 is 14.6 Å². The number of carbonyl (C=O) groups is 1.